The van der Waals surface area contributed by atoms with Gasteiger partial charge < -0.3 is 15.4 Å². The first-order chi connectivity index (χ1) is 38.8. The number of carbonyl (C=O) groups is 2. The Morgan fingerprint density at radius 2 is 1.06 bits per heavy atom. The fraction of sp³-hybridized carbons (Fsp3) is 0.180. The lowest BCUT2D eigenvalue weighted by molar-refractivity contribution is 0.0931. The average molecular weight is 1070 g/mol. The molecule has 0 aliphatic rings. The summed E-state index contributed by atoms with van der Waals surface area (Å²) < 4.78 is 16.1. The minimum absolute atomic E-state index is 0.115. The van der Waals surface area contributed by atoms with E-state index in [9.17, 15) is 19.2 Å². The average Bonchev–Trinajstić information content (AvgIpc) is 4.33. The Bertz CT molecular complexity index is 4120. The van der Waals surface area contributed by atoms with Crippen molar-refractivity contribution in [2.75, 3.05) is 0 Å². The van der Waals surface area contributed by atoms with Gasteiger partial charge in [-0.1, -0.05) is 66.7 Å². The Morgan fingerprint density at radius 1 is 0.575 bits per heavy atom. The molecule has 2 atom stereocenters. The van der Waals surface area contributed by atoms with Crippen LogP contribution in [0.5, 0.6) is 5.75 Å². The Balaban J connectivity index is 0.000000169. The normalized spacial score (nSPS) is 12.1. The summed E-state index contributed by atoms with van der Waals surface area (Å²) in [5.41, 5.74) is 8.29. The number of ether oxygens (including phenoxy) is 1. The summed E-state index contributed by atoms with van der Waals surface area (Å²) in [5, 5.41) is 26.1. The van der Waals surface area contributed by atoms with Crippen molar-refractivity contribution >= 4 is 44.7 Å². The largest absolute Gasteiger partial charge is 0.488 e. The fourth-order valence-electron chi connectivity index (χ4n) is 10.3. The lowest BCUT2D eigenvalue weighted by Crippen LogP contribution is -2.32. The number of aryl methyl sites for hydroxylation is 6. The second-order valence-corrected chi connectivity index (χ2v) is 19.6. The summed E-state index contributed by atoms with van der Waals surface area (Å²) in [5.74, 6) is -0.136. The molecule has 80 heavy (non-hydrogen) atoms. The summed E-state index contributed by atoms with van der Waals surface area (Å²) in [6.45, 7) is 7.58. The van der Waals surface area contributed by atoms with Crippen LogP contribution < -0.4 is 26.5 Å². The van der Waals surface area contributed by atoms with Gasteiger partial charge in [0.05, 0.1) is 46.6 Å². The monoisotopic (exact) mass is 1060 g/mol. The zero-order chi connectivity index (χ0) is 55.6. The van der Waals surface area contributed by atoms with Gasteiger partial charge >= 0.3 is 0 Å². The maximum atomic E-state index is 14.2. The summed E-state index contributed by atoms with van der Waals surface area (Å²) in [4.78, 5) is 64.1. The molecule has 0 saturated carbocycles. The molecule has 0 fully saturated rings. The van der Waals surface area contributed by atoms with Crippen LogP contribution in [0.4, 0.5) is 0 Å². The van der Waals surface area contributed by atoms with Crippen LogP contribution in [0.1, 0.15) is 86.1 Å². The van der Waals surface area contributed by atoms with Crippen molar-refractivity contribution in [3.63, 3.8) is 0 Å². The van der Waals surface area contributed by atoms with Crippen molar-refractivity contribution in [1.29, 1.82) is 0 Å². The van der Waals surface area contributed by atoms with Crippen LogP contribution in [-0.4, -0.2) is 69.7 Å². The van der Waals surface area contributed by atoms with Gasteiger partial charge in [-0.3, -0.25) is 37.7 Å². The Kier molecular flexibility index (Phi) is 14.2. The van der Waals surface area contributed by atoms with Gasteiger partial charge in [0.25, 0.3) is 22.9 Å². The maximum absolute atomic E-state index is 14.2. The number of nitrogens with zero attached hydrogens (tertiary/aromatic N) is 12. The number of hydrogen-bond acceptors (Lipinski definition) is 11. The summed E-state index contributed by atoms with van der Waals surface area (Å²) in [7, 11) is 3.74. The first kappa shape index (κ1) is 51.8. The number of aromatic nitrogens is 12. The quantitative estimate of drug-likeness (QED) is 0.106. The van der Waals surface area contributed by atoms with Crippen molar-refractivity contribution in [3.05, 3.63) is 242 Å². The Labute approximate surface area is 458 Å². The first-order valence-corrected chi connectivity index (χ1v) is 26.1. The van der Waals surface area contributed by atoms with Crippen LogP contribution in [-0.2, 0) is 33.5 Å². The molecule has 19 nitrogen and oxygen atoms in total. The molecule has 0 saturated heterocycles. The topological polar surface area (TPSA) is 207 Å². The van der Waals surface area contributed by atoms with Gasteiger partial charge in [-0.05, 0) is 117 Å². The Hall–Kier alpha value is -10.3. The van der Waals surface area contributed by atoms with Gasteiger partial charge in [0, 0.05) is 79.6 Å². The molecule has 12 rings (SSSR count). The number of hydrogen-bond donors (Lipinski definition) is 2. The molecule has 0 bridgehead atoms. The van der Waals surface area contributed by atoms with Gasteiger partial charge in [0.1, 0.15) is 23.5 Å². The molecule has 0 unspecified atom stereocenters. The molecule has 400 valence electrons. The van der Waals surface area contributed by atoms with Crippen molar-refractivity contribution in [2.45, 2.75) is 59.2 Å². The smallest absolute Gasteiger partial charge is 0.267 e. The molecule has 4 aromatic carbocycles. The minimum atomic E-state index is -0.525. The van der Waals surface area contributed by atoms with E-state index < -0.39 is 12.1 Å². The molecule has 2 amide bonds. The van der Waals surface area contributed by atoms with Crippen LogP contribution in [0.2, 0.25) is 0 Å². The number of carbonyl (C=O) groups excluding carboxylic acids is 2. The number of fused-ring (bicyclic) bond motifs is 4. The number of amides is 2. The molecule has 0 radical (unpaired) electrons. The van der Waals surface area contributed by atoms with Gasteiger partial charge in [-0.15, -0.1) is 0 Å². The zero-order valence-electron chi connectivity index (χ0n) is 44.8. The Morgan fingerprint density at radius 3 is 1.57 bits per heavy atom. The molecule has 0 spiro atoms. The summed E-state index contributed by atoms with van der Waals surface area (Å²) in [6, 6.07) is 36.8. The molecule has 19 heteroatoms. The molecule has 8 aromatic heterocycles. The maximum Gasteiger partial charge on any atom is 0.267 e. The highest BCUT2D eigenvalue weighted by atomic mass is 16.5. The molecule has 0 aliphatic carbocycles. The first-order valence-electron chi connectivity index (χ1n) is 26.1. The van der Waals surface area contributed by atoms with E-state index >= 15 is 0 Å². The molecule has 12 aromatic rings. The fourth-order valence-corrected chi connectivity index (χ4v) is 10.3. The molecular weight excluding hydrogens is 1010 g/mol. The van der Waals surface area contributed by atoms with E-state index in [1.165, 1.54) is 0 Å². The number of pyridine rings is 2. The van der Waals surface area contributed by atoms with Crippen LogP contribution in [0, 0.1) is 13.8 Å². The third kappa shape index (κ3) is 10.2. The summed E-state index contributed by atoms with van der Waals surface area (Å²) in [6.07, 6.45) is 15.7. The number of para-hydroxylation sites is 2. The lowest BCUT2D eigenvalue weighted by atomic mass is 9.99. The third-order valence-corrected chi connectivity index (χ3v) is 14.0. The van der Waals surface area contributed by atoms with Gasteiger partial charge in [-0.25, -0.2) is 19.0 Å². The number of nitrogens with one attached hydrogen (secondary N) is 2. The second-order valence-electron chi connectivity index (χ2n) is 19.6. The second kappa shape index (κ2) is 22.0. The van der Waals surface area contributed by atoms with Crippen molar-refractivity contribution in [1.82, 2.24) is 68.5 Å². The highest BCUT2D eigenvalue weighted by Crippen LogP contribution is 2.29. The van der Waals surface area contributed by atoms with E-state index in [1.54, 1.807) is 90.6 Å². The van der Waals surface area contributed by atoms with E-state index in [1.807, 2.05) is 150 Å². The van der Waals surface area contributed by atoms with Gasteiger partial charge in [-0.2, -0.15) is 20.4 Å². The van der Waals surface area contributed by atoms with Crippen LogP contribution >= 0.6 is 0 Å². The van der Waals surface area contributed by atoms with E-state index in [0.29, 0.717) is 79.2 Å². The van der Waals surface area contributed by atoms with E-state index in [0.717, 1.165) is 34.2 Å². The SMILES string of the molecule is Cc1nn2cccnc2c1C(=O)N[C@@H](C)c1cc2cccc(CCc3cnn(C)c3)c2c(=O)n1-c1ccccc1.Cc1nn2cccnc2c1C(=O)N[C@@H](C)c1cc2cccc(OCc3cnn(C)c3)c2c(=O)n1-c1ccccc1. The van der Waals surface area contributed by atoms with E-state index in [-0.39, 0.29) is 29.5 Å². The molecular formula is C61H56N14O5. The highest BCUT2D eigenvalue weighted by molar-refractivity contribution is 6.02. The number of rotatable bonds is 14. The number of benzene rings is 4. The van der Waals surface area contributed by atoms with Crippen molar-refractivity contribution < 1.29 is 14.3 Å². The minimum Gasteiger partial charge on any atom is -0.488 e. The highest BCUT2D eigenvalue weighted by Gasteiger charge is 2.26. The standard InChI is InChI=1S/C31H29N7O2.C30H27N7O3/c1-20(34-30(39)27-21(2)35-37-16-8-15-32-29(27)37)26-17-24-10-7-9-23(14-13-22-18-33-36(3)19-22)28(24)31(40)38(26)25-11-5-4-6-12-25;1-19(33-29(38)26-20(2)34-36-14-8-13-31-28(26)36)24-15-22-9-7-12-25(40-18-21-16-32-35(3)17-21)27(22)30(39)37(24)23-10-5-4-6-11-23/h4-12,15-20H,13-14H2,1-3H3,(H,34,39);4-17,19H,18H2,1-3H3,(H,33,38)/t20-;19-/m00/s1. The van der Waals surface area contributed by atoms with Crippen LogP contribution in [0.25, 0.3) is 44.2 Å². The zero-order valence-corrected chi connectivity index (χ0v) is 44.8. The van der Waals surface area contributed by atoms with E-state index in [4.69, 9.17) is 4.74 Å². The predicted molar refractivity (Wildman–Crippen MR) is 304 cm³/mol. The lowest BCUT2D eigenvalue weighted by Gasteiger charge is -2.21. The molecule has 2 N–H and O–H groups in total. The van der Waals surface area contributed by atoms with Crippen LogP contribution in [0.3, 0.4) is 0 Å². The van der Waals surface area contributed by atoms with Gasteiger partial charge in [0.2, 0.25) is 0 Å². The van der Waals surface area contributed by atoms with Gasteiger partial charge in [0.15, 0.2) is 11.3 Å². The molecule has 0 aliphatic heterocycles. The van der Waals surface area contributed by atoms with Crippen molar-refractivity contribution in [3.8, 4) is 17.1 Å². The van der Waals surface area contributed by atoms with Crippen molar-refractivity contribution in [2.24, 2.45) is 14.1 Å². The van der Waals surface area contributed by atoms with Crippen LogP contribution in [0.15, 0.2) is 180 Å². The molecule has 8 heterocycles. The summed E-state index contributed by atoms with van der Waals surface area (Å²) >= 11 is 0. The third-order valence-electron chi connectivity index (χ3n) is 14.0. The predicted octanol–water partition coefficient (Wildman–Crippen LogP) is 8.50. The van der Waals surface area contributed by atoms with E-state index in [2.05, 4.69) is 41.0 Å².